The van der Waals surface area contributed by atoms with Crippen LogP contribution in [0.5, 0.6) is 5.75 Å². The molecule has 0 aliphatic heterocycles. The molecule has 0 unspecified atom stereocenters. The van der Waals surface area contributed by atoms with Gasteiger partial charge in [0.2, 0.25) is 0 Å². The Morgan fingerprint density at radius 2 is 1.88 bits per heavy atom. The topological polar surface area (TPSA) is 59.4 Å². The minimum absolute atomic E-state index is 0.0942. The van der Waals surface area contributed by atoms with E-state index in [9.17, 15) is 9.18 Å². The standard InChI is InChI=1S/C21H18FNO3/c22-17-7-10-19(20-3-1-2-12-23-20)16(13-17)14-26-18-8-4-15(5-9-18)6-11-21(24)25/h1-5,7-10,12-13H,6,11,14H2,(H,24,25). The second-order valence-corrected chi connectivity index (χ2v) is 5.84. The summed E-state index contributed by atoms with van der Waals surface area (Å²) >= 11 is 0. The Morgan fingerprint density at radius 3 is 2.58 bits per heavy atom. The molecular weight excluding hydrogens is 333 g/mol. The van der Waals surface area contributed by atoms with E-state index in [-0.39, 0.29) is 18.8 Å². The van der Waals surface area contributed by atoms with Gasteiger partial charge in [0.25, 0.3) is 0 Å². The van der Waals surface area contributed by atoms with Gasteiger partial charge in [0.05, 0.1) is 5.69 Å². The van der Waals surface area contributed by atoms with Gasteiger partial charge in [0.1, 0.15) is 18.2 Å². The summed E-state index contributed by atoms with van der Waals surface area (Å²) in [6, 6.07) is 17.4. The average Bonchev–Trinajstić information content (AvgIpc) is 2.66. The molecule has 0 bridgehead atoms. The number of ether oxygens (including phenoxy) is 1. The number of hydrogen-bond acceptors (Lipinski definition) is 3. The van der Waals surface area contributed by atoms with Gasteiger partial charge < -0.3 is 9.84 Å². The third-order valence-electron chi connectivity index (χ3n) is 3.95. The van der Waals surface area contributed by atoms with Crippen molar-refractivity contribution in [1.82, 2.24) is 4.98 Å². The lowest BCUT2D eigenvalue weighted by Crippen LogP contribution is -2.00. The second kappa shape index (κ2) is 8.25. The third kappa shape index (κ3) is 4.66. The Kier molecular flexibility index (Phi) is 5.59. The van der Waals surface area contributed by atoms with Gasteiger partial charge in [0, 0.05) is 23.7 Å². The number of pyridine rings is 1. The highest BCUT2D eigenvalue weighted by molar-refractivity contribution is 5.67. The van der Waals surface area contributed by atoms with Crippen molar-refractivity contribution in [3.05, 3.63) is 83.8 Å². The van der Waals surface area contributed by atoms with E-state index in [2.05, 4.69) is 4.98 Å². The zero-order valence-corrected chi connectivity index (χ0v) is 14.1. The molecule has 0 aliphatic carbocycles. The average molecular weight is 351 g/mol. The summed E-state index contributed by atoms with van der Waals surface area (Å²) in [4.78, 5) is 14.9. The van der Waals surface area contributed by atoms with Crippen molar-refractivity contribution in [2.24, 2.45) is 0 Å². The molecule has 26 heavy (non-hydrogen) atoms. The molecule has 0 saturated carbocycles. The molecule has 0 aliphatic rings. The van der Waals surface area contributed by atoms with E-state index >= 15 is 0 Å². The van der Waals surface area contributed by atoms with Crippen molar-refractivity contribution < 1.29 is 19.0 Å². The van der Waals surface area contributed by atoms with E-state index in [0.717, 1.165) is 16.8 Å². The van der Waals surface area contributed by atoms with Crippen LogP contribution in [-0.4, -0.2) is 16.1 Å². The molecule has 0 radical (unpaired) electrons. The van der Waals surface area contributed by atoms with E-state index in [4.69, 9.17) is 9.84 Å². The smallest absolute Gasteiger partial charge is 0.303 e. The predicted octanol–water partition coefficient (Wildman–Crippen LogP) is 4.48. The van der Waals surface area contributed by atoms with Crippen LogP contribution in [0.4, 0.5) is 4.39 Å². The number of carboxylic acids is 1. The van der Waals surface area contributed by atoms with E-state index < -0.39 is 5.97 Å². The number of aliphatic carboxylic acids is 1. The Hall–Kier alpha value is -3.21. The van der Waals surface area contributed by atoms with Gasteiger partial charge in [-0.05, 0) is 54.4 Å². The maximum atomic E-state index is 13.7. The van der Waals surface area contributed by atoms with Crippen LogP contribution in [-0.2, 0) is 17.8 Å². The number of halogens is 1. The van der Waals surface area contributed by atoms with Gasteiger partial charge in [-0.3, -0.25) is 9.78 Å². The summed E-state index contributed by atoms with van der Waals surface area (Å²) in [6.45, 7) is 0.206. The molecule has 132 valence electrons. The van der Waals surface area contributed by atoms with Crippen molar-refractivity contribution in [3.8, 4) is 17.0 Å². The van der Waals surface area contributed by atoms with E-state index in [1.54, 1.807) is 24.4 Å². The zero-order valence-electron chi connectivity index (χ0n) is 14.1. The minimum atomic E-state index is -0.821. The molecule has 0 saturated heterocycles. The van der Waals surface area contributed by atoms with Crippen LogP contribution < -0.4 is 4.74 Å². The first-order valence-electron chi connectivity index (χ1n) is 8.25. The van der Waals surface area contributed by atoms with Crippen molar-refractivity contribution >= 4 is 5.97 Å². The highest BCUT2D eigenvalue weighted by Gasteiger charge is 2.09. The first-order chi connectivity index (χ1) is 12.6. The summed E-state index contributed by atoms with van der Waals surface area (Å²) in [5.74, 6) is -0.508. The Balaban J connectivity index is 1.71. The molecular formula is C21H18FNO3. The number of aromatic nitrogens is 1. The molecule has 0 spiro atoms. The summed E-state index contributed by atoms with van der Waals surface area (Å²) in [5, 5.41) is 8.72. The molecule has 1 aromatic heterocycles. The molecule has 1 N–H and O–H groups in total. The summed E-state index contributed by atoms with van der Waals surface area (Å²) < 4.78 is 19.4. The zero-order chi connectivity index (χ0) is 18.4. The molecule has 2 aromatic carbocycles. The summed E-state index contributed by atoms with van der Waals surface area (Å²) in [7, 11) is 0. The summed E-state index contributed by atoms with van der Waals surface area (Å²) in [5.41, 5.74) is 3.22. The van der Waals surface area contributed by atoms with Gasteiger partial charge in [-0.15, -0.1) is 0 Å². The van der Waals surface area contributed by atoms with Gasteiger partial charge >= 0.3 is 5.97 Å². The van der Waals surface area contributed by atoms with Gasteiger partial charge in [-0.25, -0.2) is 4.39 Å². The number of hydrogen-bond donors (Lipinski definition) is 1. The Labute approximate surface area is 150 Å². The first-order valence-corrected chi connectivity index (χ1v) is 8.25. The second-order valence-electron chi connectivity index (χ2n) is 5.84. The normalized spacial score (nSPS) is 10.5. The third-order valence-corrected chi connectivity index (χ3v) is 3.95. The van der Waals surface area contributed by atoms with Crippen molar-refractivity contribution in [2.45, 2.75) is 19.4 Å². The fourth-order valence-electron chi connectivity index (χ4n) is 2.62. The lowest BCUT2D eigenvalue weighted by molar-refractivity contribution is -0.136. The van der Waals surface area contributed by atoms with Crippen LogP contribution in [0.2, 0.25) is 0 Å². The van der Waals surface area contributed by atoms with Crippen molar-refractivity contribution in [1.29, 1.82) is 0 Å². The number of carboxylic acid groups (broad SMARTS) is 1. The molecule has 5 heteroatoms. The van der Waals surface area contributed by atoms with Crippen LogP contribution in [0.15, 0.2) is 66.9 Å². The van der Waals surface area contributed by atoms with E-state index in [1.165, 1.54) is 12.1 Å². The Bertz CT molecular complexity index is 880. The molecule has 0 amide bonds. The van der Waals surface area contributed by atoms with Gasteiger partial charge in [0.15, 0.2) is 0 Å². The lowest BCUT2D eigenvalue weighted by atomic mass is 10.0. The SMILES string of the molecule is O=C(O)CCc1ccc(OCc2cc(F)ccc2-c2ccccn2)cc1. The van der Waals surface area contributed by atoms with Crippen LogP contribution >= 0.6 is 0 Å². The fourth-order valence-corrected chi connectivity index (χ4v) is 2.62. The maximum Gasteiger partial charge on any atom is 0.303 e. The maximum absolute atomic E-state index is 13.7. The number of nitrogens with zero attached hydrogens (tertiary/aromatic N) is 1. The van der Waals surface area contributed by atoms with Crippen LogP contribution in [0.25, 0.3) is 11.3 Å². The number of rotatable bonds is 7. The number of carbonyl (C=O) groups is 1. The number of aryl methyl sites for hydroxylation is 1. The predicted molar refractivity (Wildman–Crippen MR) is 96.4 cm³/mol. The first kappa shape index (κ1) is 17.6. The molecule has 3 aromatic rings. The number of benzene rings is 2. The van der Waals surface area contributed by atoms with Crippen LogP contribution in [0, 0.1) is 5.82 Å². The quantitative estimate of drug-likeness (QED) is 0.682. The van der Waals surface area contributed by atoms with Crippen LogP contribution in [0.1, 0.15) is 17.5 Å². The largest absolute Gasteiger partial charge is 0.489 e. The van der Waals surface area contributed by atoms with Gasteiger partial charge in [-0.2, -0.15) is 0 Å². The van der Waals surface area contributed by atoms with E-state index in [1.807, 2.05) is 30.3 Å². The molecule has 0 fully saturated rings. The fraction of sp³-hybridized carbons (Fsp3) is 0.143. The monoisotopic (exact) mass is 351 g/mol. The molecule has 0 atom stereocenters. The van der Waals surface area contributed by atoms with Crippen molar-refractivity contribution in [3.63, 3.8) is 0 Å². The summed E-state index contributed by atoms with van der Waals surface area (Å²) in [6.07, 6.45) is 2.26. The van der Waals surface area contributed by atoms with Gasteiger partial charge in [-0.1, -0.05) is 18.2 Å². The molecule has 4 nitrogen and oxygen atoms in total. The van der Waals surface area contributed by atoms with E-state index in [0.29, 0.717) is 17.7 Å². The van der Waals surface area contributed by atoms with Crippen molar-refractivity contribution in [2.75, 3.05) is 0 Å². The highest BCUT2D eigenvalue weighted by Crippen LogP contribution is 2.24. The Morgan fingerprint density at radius 1 is 1.08 bits per heavy atom. The molecule has 3 rings (SSSR count). The highest BCUT2D eigenvalue weighted by atomic mass is 19.1. The molecule has 1 heterocycles. The van der Waals surface area contributed by atoms with Crippen LogP contribution in [0.3, 0.4) is 0 Å². The minimum Gasteiger partial charge on any atom is -0.489 e. The lowest BCUT2D eigenvalue weighted by Gasteiger charge is -2.11.